The van der Waals surface area contributed by atoms with E-state index in [2.05, 4.69) is 15.5 Å². The van der Waals surface area contributed by atoms with Crippen LogP contribution in [0.15, 0.2) is 89.5 Å². The molecule has 0 aliphatic carbocycles. The van der Waals surface area contributed by atoms with Gasteiger partial charge in [0.15, 0.2) is 0 Å². The summed E-state index contributed by atoms with van der Waals surface area (Å²) in [5.74, 6) is -1.38. The molecule has 0 aliphatic heterocycles. The number of carbonyl (C=O) groups excluding carboxylic acids is 2. The van der Waals surface area contributed by atoms with E-state index in [9.17, 15) is 14.7 Å². The predicted molar refractivity (Wildman–Crippen MR) is 143 cm³/mol. The molecule has 4 aromatic rings. The standard InChI is InChI=1S/C28H30N6O4/c29-25(36)23(12-7-17-31-28-32-27(30)33-38-28)34(18-19-13-15-22(35)16-14-19)26(37)24(20-8-3-1-4-9-20)21-10-5-2-6-11-21/h1-6,8-11,13-16,23-24,35H,7,12,17-18H2,(H2,29,36)(H3,30,31,32,33)/t23-/m1/s1. The number of hydrogen-bond donors (Lipinski definition) is 4. The van der Waals surface area contributed by atoms with Gasteiger partial charge in [-0.05, 0) is 46.8 Å². The lowest BCUT2D eigenvalue weighted by molar-refractivity contribution is -0.140. The number of aromatic nitrogens is 2. The highest BCUT2D eigenvalue weighted by Gasteiger charge is 2.34. The summed E-state index contributed by atoms with van der Waals surface area (Å²) in [6.07, 6.45) is 0.780. The number of carbonyl (C=O) groups is 2. The van der Waals surface area contributed by atoms with Gasteiger partial charge >= 0.3 is 6.01 Å². The van der Waals surface area contributed by atoms with Gasteiger partial charge in [-0.1, -0.05) is 72.8 Å². The fourth-order valence-corrected chi connectivity index (χ4v) is 4.32. The number of hydrogen-bond acceptors (Lipinski definition) is 8. The Hall–Kier alpha value is -4.86. The van der Waals surface area contributed by atoms with Crippen molar-refractivity contribution in [3.63, 3.8) is 0 Å². The lowest BCUT2D eigenvalue weighted by Crippen LogP contribution is -2.49. The molecule has 0 unspecified atom stereocenters. The molecule has 0 fully saturated rings. The Bertz CT molecular complexity index is 1290. The van der Waals surface area contributed by atoms with Crippen LogP contribution in [-0.2, 0) is 16.1 Å². The lowest BCUT2D eigenvalue weighted by atomic mass is 9.89. The minimum atomic E-state index is -0.888. The lowest BCUT2D eigenvalue weighted by Gasteiger charge is -2.33. The van der Waals surface area contributed by atoms with Gasteiger partial charge in [0.05, 0.1) is 5.92 Å². The van der Waals surface area contributed by atoms with E-state index < -0.39 is 17.9 Å². The third-order valence-electron chi connectivity index (χ3n) is 6.16. The van der Waals surface area contributed by atoms with Gasteiger partial charge in [0.2, 0.25) is 11.8 Å². The van der Waals surface area contributed by atoms with Gasteiger partial charge in [0.25, 0.3) is 5.95 Å². The van der Waals surface area contributed by atoms with E-state index in [1.54, 1.807) is 24.3 Å². The molecule has 6 N–H and O–H groups in total. The molecule has 1 aromatic heterocycles. The van der Waals surface area contributed by atoms with Crippen LogP contribution in [0.2, 0.25) is 0 Å². The van der Waals surface area contributed by atoms with Crippen LogP contribution in [0.3, 0.4) is 0 Å². The number of nitrogens with one attached hydrogen (secondary N) is 1. The molecule has 0 bridgehead atoms. The van der Waals surface area contributed by atoms with E-state index in [-0.39, 0.29) is 30.2 Å². The summed E-state index contributed by atoms with van der Waals surface area (Å²) in [5, 5.41) is 16.2. The summed E-state index contributed by atoms with van der Waals surface area (Å²) < 4.78 is 4.95. The molecule has 3 aromatic carbocycles. The van der Waals surface area contributed by atoms with E-state index in [1.165, 1.54) is 4.90 Å². The summed E-state index contributed by atoms with van der Waals surface area (Å²) in [4.78, 5) is 32.5. The van der Waals surface area contributed by atoms with Crippen molar-refractivity contribution in [2.45, 2.75) is 31.3 Å². The fourth-order valence-electron chi connectivity index (χ4n) is 4.32. The summed E-state index contributed by atoms with van der Waals surface area (Å²) in [7, 11) is 0. The number of phenols is 1. The Morgan fingerprint density at radius 2 is 1.55 bits per heavy atom. The summed E-state index contributed by atoms with van der Waals surface area (Å²) in [6, 6.07) is 24.7. The Kier molecular flexibility index (Phi) is 8.55. The first kappa shape index (κ1) is 26.2. The van der Waals surface area contributed by atoms with Gasteiger partial charge in [-0.2, -0.15) is 4.98 Å². The fraction of sp³-hybridized carbons (Fsp3) is 0.214. The van der Waals surface area contributed by atoms with Crippen LogP contribution >= 0.6 is 0 Å². The zero-order valence-corrected chi connectivity index (χ0v) is 20.7. The van der Waals surface area contributed by atoms with Crippen LogP contribution in [0, 0.1) is 0 Å². The second-order valence-electron chi connectivity index (χ2n) is 8.83. The Morgan fingerprint density at radius 1 is 0.947 bits per heavy atom. The Balaban J connectivity index is 1.63. The highest BCUT2D eigenvalue weighted by Crippen LogP contribution is 2.29. The number of amides is 2. The first-order chi connectivity index (χ1) is 18.4. The Morgan fingerprint density at radius 3 is 2.08 bits per heavy atom. The van der Waals surface area contributed by atoms with Crippen molar-refractivity contribution >= 4 is 23.8 Å². The van der Waals surface area contributed by atoms with E-state index >= 15 is 0 Å². The maximum absolute atomic E-state index is 14.3. The number of nitrogens with zero attached hydrogens (tertiary/aromatic N) is 3. The quantitative estimate of drug-likeness (QED) is 0.210. The van der Waals surface area contributed by atoms with Crippen LogP contribution < -0.4 is 16.8 Å². The minimum absolute atomic E-state index is 0.0149. The summed E-state index contributed by atoms with van der Waals surface area (Å²) in [5.41, 5.74) is 13.7. The first-order valence-electron chi connectivity index (χ1n) is 12.2. The summed E-state index contributed by atoms with van der Waals surface area (Å²) >= 11 is 0. The van der Waals surface area contributed by atoms with Crippen LogP contribution in [0.5, 0.6) is 5.75 Å². The number of aromatic hydroxyl groups is 1. The molecule has 0 radical (unpaired) electrons. The maximum Gasteiger partial charge on any atom is 0.323 e. The highest BCUT2D eigenvalue weighted by atomic mass is 16.5. The number of nitrogens with two attached hydrogens (primary N) is 2. The molecule has 1 atom stereocenters. The molecule has 10 nitrogen and oxygen atoms in total. The zero-order valence-electron chi connectivity index (χ0n) is 20.7. The maximum atomic E-state index is 14.3. The van der Waals surface area contributed by atoms with Gasteiger partial charge in [0, 0.05) is 13.1 Å². The number of phenolic OH excluding ortho intramolecular Hbond substituents is 1. The largest absolute Gasteiger partial charge is 0.508 e. The number of rotatable bonds is 12. The van der Waals surface area contributed by atoms with Crippen LogP contribution in [-0.4, -0.2) is 44.5 Å². The Labute approximate surface area is 220 Å². The molecule has 0 spiro atoms. The SMILES string of the molecule is NC(=O)[C@@H](CCCNc1nc(N)no1)N(Cc1ccc(O)cc1)C(=O)C(c1ccccc1)c1ccccc1. The second kappa shape index (κ2) is 12.4. The summed E-state index contributed by atoms with van der Waals surface area (Å²) in [6.45, 7) is 0.532. The van der Waals surface area contributed by atoms with Gasteiger partial charge in [-0.25, -0.2) is 0 Å². The van der Waals surface area contributed by atoms with E-state index in [1.807, 2.05) is 60.7 Å². The van der Waals surface area contributed by atoms with Crippen molar-refractivity contribution in [1.29, 1.82) is 0 Å². The van der Waals surface area contributed by atoms with Crippen molar-refractivity contribution in [3.8, 4) is 5.75 Å². The van der Waals surface area contributed by atoms with Crippen molar-refractivity contribution in [2.24, 2.45) is 5.73 Å². The topological polar surface area (TPSA) is 161 Å². The molecular weight excluding hydrogens is 484 g/mol. The number of benzene rings is 3. The van der Waals surface area contributed by atoms with Crippen molar-refractivity contribution in [1.82, 2.24) is 15.0 Å². The number of nitrogen functional groups attached to an aromatic ring is 1. The van der Waals surface area contributed by atoms with E-state index in [0.717, 1.165) is 16.7 Å². The van der Waals surface area contributed by atoms with Gasteiger partial charge < -0.3 is 31.3 Å². The third-order valence-corrected chi connectivity index (χ3v) is 6.16. The van der Waals surface area contributed by atoms with Gasteiger partial charge in [-0.15, -0.1) is 0 Å². The molecule has 4 rings (SSSR count). The van der Waals surface area contributed by atoms with Crippen LogP contribution in [0.1, 0.15) is 35.4 Å². The molecule has 1 heterocycles. The van der Waals surface area contributed by atoms with Crippen LogP contribution in [0.4, 0.5) is 12.0 Å². The molecule has 0 saturated carbocycles. The number of anilines is 2. The molecule has 0 saturated heterocycles. The van der Waals surface area contributed by atoms with Gasteiger partial charge in [-0.3, -0.25) is 9.59 Å². The highest BCUT2D eigenvalue weighted by molar-refractivity contribution is 5.92. The second-order valence-corrected chi connectivity index (χ2v) is 8.83. The average molecular weight is 515 g/mol. The monoisotopic (exact) mass is 514 g/mol. The van der Waals surface area contributed by atoms with Crippen molar-refractivity contribution in [3.05, 3.63) is 102 Å². The van der Waals surface area contributed by atoms with Crippen LogP contribution in [0.25, 0.3) is 0 Å². The van der Waals surface area contributed by atoms with Crippen molar-refractivity contribution in [2.75, 3.05) is 17.6 Å². The van der Waals surface area contributed by atoms with E-state index in [0.29, 0.717) is 19.4 Å². The number of primary amides is 1. The molecule has 38 heavy (non-hydrogen) atoms. The molecular formula is C28H30N6O4. The smallest absolute Gasteiger partial charge is 0.323 e. The van der Waals surface area contributed by atoms with Crippen molar-refractivity contribution < 1.29 is 19.2 Å². The molecule has 2 amide bonds. The third kappa shape index (κ3) is 6.67. The molecule has 0 aliphatic rings. The van der Waals surface area contributed by atoms with Gasteiger partial charge in [0.1, 0.15) is 11.8 Å². The average Bonchev–Trinajstić information content (AvgIpc) is 3.34. The minimum Gasteiger partial charge on any atom is -0.508 e. The zero-order chi connectivity index (χ0) is 26.9. The predicted octanol–water partition coefficient (Wildman–Crippen LogP) is 3.26. The van der Waals surface area contributed by atoms with E-state index in [4.69, 9.17) is 16.0 Å². The molecule has 196 valence electrons. The first-order valence-corrected chi connectivity index (χ1v) is 12.2. The molecule has 10 heteroatoms. The normalized spacial score (nSPS) is 11.7.